The summed E-state index contributed by atoms with van der Waals surface area (Å²) >= 11 is 9.72. The molecule has 2 rings (SSSR count). The molecule has 2 nitrogen and oxygen atoms in total. The van der Waals surface area contributed by atoms with Crippen molar-refractivity contribution in [2.75, 3.05) is 26.8 Å². The molecule has 0 amide bonds. The molecule has 1 aliphatic carbocycles. The minimum atomic E-state index is 0.422. The van der Waals surface area contributed by atoms with Crippen LogP contribution in [0.1, 0.15) is 18.4 Å². The highest BCUT2D eigenvalue weighted by molar-refractivity contribution is 9.10. The van der Waals surface area contributed by atoms with Gasteiger partial charge in [-0.05, 0) is 42.4 Å². The van der Waals surface area contributed by atoms with Crippen LogP contribution < -0.4 is 5.32 Å². The molecule has 1 aliphatic rings. The molecule has 0 aromatic heterocycles. The van der Waals surface area contributed by atoms with Crippen LogP contribution in [-0.2, 0) is 11.2 Å². The van der Waals surface area contributed by atoms with Crippen molar-refractivity contribution < 1.29 is 4.74 Å². The van der Waals surface area contributed by atoms with Crippen molar-refractivity contribution in [2.24, 2.45) is 5.41 Å². The third kappa shape index (κ3) is 3.95. The summed E-state index contributed by atoms with van der Waals surface area (Å²) in [5.74, 6) is 0. The van der Waals surface area contributed by atoms with Crippen LogP contribution in [0, 0.1) is 5.41 Å². The SMILES string of the molecule is COCCNCC1(Cc2ccc(Br)cc2Cl)CC1. The number of hydrogen-bond acceptors (Lipinski definition) is 2. The molecule has 0 unspecified atom stereocenters. The van der Waals surface area contributed by atoms with Gasteiger partial charge in [0.25, 0.3) is 0 Å². The summed E-state index contributed by atoms with van der Waals surface area (Å²) < 4.78 is 6.08. The summed E-state index contributed by atoms with van der Waals surface area (Å²) in [6, 6.07) is 6.17. The van der Waals surface area contributed by atoms with Gasteiger partial charge in [0, 0.05) is 29.7 Å². The molecule has 0 spiro atoms. The number of ether oxygens (including phenoxy) is 1. The van der Waals surface area contributed by atoms with E-state index in [9.17, 15) is 0 Å². The summed E-state index contributed by atoms with van der Waals surface area (Å²) in [5, 5.41) is 4.33. The average molecular weight is 333 g/mol. The second-order valence-electron chi connectivity index (χ2n) is 5.08. The highest BCUT2D eigenvalue weighted by atomic mass is 79.9. The van der Waals surface area contributed by atoms with Gasteiger partial charge in [0.1, 0.15) is 0 Å². The Bertz CT molecular complexity index is 407. The van der Waals surface area contributed by atoms with E-state index in [1.54, 1.807) is 7.11 Å². The van der Waals surface area contributed by atoms with E-state index < -0.39 is 0 Å². The zero-order chi connectivity index (χ0) is 13.0. The minimum Gasteiger partial charge on any atom is -0.383 e. The number of halogens is 2. The van der Waals surface area contributed by atoms with Crippen molar-refractivity contribution in [3.63, 3.8) is 0 Å². The van der Waals surface area contributed by atoms with Crippen LogP contribution in [0.3, 0.4) is 0 Å². The maximum Gasteiger partial charge on any atom is 0.0587 e. The first-order valence-corrected chi connectivity index (χ1v) is 7.46. The Labute approximate surface area is 122 Å². The van der Waals surface area contributed by atoms with E-state index in [4.69, 9.17) is 16.3 Å². The summed E-state index contributed by atoms with van der Waals surface area (Å²) in [7, 11) is 1.73. The third-order valence-corrected chi connectivity index (χ3v) is 4.37. The number of methoxy groups -OCH3 is 1. The molecular formula is C14H19BrClNO. The van der Waals surface area contributed by atoms with Gasteiger partial charge in [0.15, 0.2) is 0 Å². The summed E-state index contributed by atoms with van der Waals surface area (Å²) in [5.41, 5.74) is 1.68. The van der Waals surface area contributed by atoms with Crippen LogP contribution in [0.5, 0.6) is 0 Å². The van der Waals surface area contributed by atoms with Gasteiger partial charge in [0.05, 0.1) is 6.61 Å². The lowest BCUT2D eigenvalue weighted by molar-refractivity contribution is 0.197. The lowest BCUT2D eigenvalue weighted by Crippen LogP contribution is -2.28. The molecule has 100 valence electrons. The molecule has 0 saturated heterocycles. The van der Waals surface area contributed by atoms with Crippen LogP contribution in [-0.4, -0.2) is 26.8 Å². The highest BCUT2D eigenvalue weighted by Gasteiger charge is 2.42. The molecule has 4 heteroatoms. The van der Waals surface area contributed by atoms with Crippen LogP contribution in [0.2, 0.25) is 5.02 Å². The molecule has 0 bridgehead atoms. The molecule has 1 aromatic carbocycles. The Balaban J connectivity index is 1.88. The van der Waals surface area contributed by atoms with Gasteiger partial charge in [-0.15, -0.1) is 0 Å². The molecule has 1 N–H and O–H groups in total. The molecule has 0 atom stereocenters. The standard InChI is InChI=1S/C14H19BrClNO/c1-18-7-6-17-10-14(4-5-14)9-11-2-3-12(15)8-13(11)16/h2-3,8,17H,4-7,9-10H2,1H3. The summed E-state index contributed by atoms with van der Waals surface area (Å²) in [6.45, 7) is 2.75. The van der Waals surface area contributed by atoms with E-state index in [-0.39, 0.29) is 0 Å². The van der Waals surface area contributed by atoms with Crippen molar-refractivity contribution in [1.29, 1.82) is 0 Å². The van der Waals surface area contributed by atoms with Crippen molar-refractivity contribution >= 4 is 27.5 Å². The smallest absolute Gasteiger partial charge is 0.0587 e. The van der Waals surface area contributed by atoms with Gasteiger partial charge in [-0.2, -0.15) is 0 Å². The van der Waals surface area contributed by atoms with E-state index in [1.165, 1.54) is 18.4 Å². The minimum absolute atomic E-state index is 0.422. The van der Waals surface area contributed by atoms with Crippen molar-refractivity contribution in [3.8, 4) is 0 Å². The van der Waals surface area contributed by atoms with Crippen molar-refractivity contribution in [3.05, 3.63) is 33.3 Å². The number of nitrogens with one attached hydrogen (secondary N) is 1. The van der Waals surface area contributed by atoms with Crippen LogP contribution in [0.25, 0.3) is 0 Å². The number of hydrogen-bond donors (Lipinski definition) is 1. The maximum atomic E-state index is 6.28. The second-order valence-corrected chi connectivity index (χ2v) is 6.40. The van der Waals surface area contributed by atoms with Gasteiger partial charge >= 0.3 is 0 Å². The maximum absolute atomic E-state index is 6.28. The van der Waals surface area contributed by atoms with Gasteiger partial charge in [0.2, 0.25) is 0 Å². The molecule has 1 aromatic rings. The first-order chi connectivity index (χ1) is 8.65. The third-order valence-electron chi connectivity index (χ3n) is 3.52. The molecule has 1 saturated carbocycles. The predicted octanol–water partition coefficient (Wildman–Crippen LogP) is 3.66. The molecule has 0 heterocycles. The molecule has 0 radical (unpaired) electrons. The lowest BCUT2D eigenvalue weighted by Gasteiger charge is -2.17. The Kier molecular flexibility index (Phi) is 5.07. The predicted molar refractivity (Wildman–Crippen MR) is 79.3 cm³/mol. The lowest BCUT2D eigenvalue weighted by atomic mass is 9.96. The molecular weight excluding hydrogens is 314 g/mol. The monoisotopic (exact) mass is 331 g/mol. The van der Waals surface area contributed by atoms with Gasteiger partial charge in [-0.25, -0.2) is 0 Å². The van der Waals surface area contributed by atoms with Gasteiger partial charge in [-0.1, -0.05) is 33.6 Å². The largest absolute Gasteiger partial charge is 0.383 e. The van der Waals surface area contributed by atoms with E-state index in [2.05, 4.69) is 33.4 Å². The highest BCUT2D eigenvalue weighted by Crippen LogP contribution is 2.48. The topological polar surface area (TPSA) is 21.3 Å². The first-order valence-electron chi connectivity index (χ1n) is 6.29. The van der Waals surface area contributed by atoms with Gasteiger partial charge < -0.3 is 10.1 Å². The van der Waals surface area contributed by atoms with Crippen LogP contribution in [0.15, 0.2) is 22.7 Å². The molecule has 1 fully saturated rings. The first kappa shape index (κ1) is 14.3. The van der Waals surface area contributed by atoms with E-state index >= 15 is 0 Å². The fourth-order valence-corrected chi connectivity index (χ4v) is 2.93. The number of rotatable bonds is 7. The van der Waals surface area contributed by atoms with Crippen molar-refractivity contribution in [2.45, 2.75) is 19.3 Å². The quantitative estimate of drug-likeness (QED) is 0.769. The Morgan fingerprint density at radius 1 is 1.44 bits per heavy atom. The Hall–Kier alpha value is -0.0900. The number of benzene rings is 1. The normalized spacial score (nSPS) is 16.8. The Morgan fingerprint density at radius 2 is 2.22 bits per heavy atom. The van der Waals surface area contributed by atoms with Crippen LogP contribution >= 0.6 is 27.5 Å². The molecule has 18 heavy (non-hydrogen) atoms. The van der Waals surface area contributed by atoms with Crippen LogP contribution in [0.4, 0.5) is 0 Å². The fourth-order valence-electron chi connectivity index (χ4n) is 2.19. The van der Waals surface area contributed by atoms with Crippen molar-refractivity contribution in [1.82, 2.24) is 5.32 Å². The molecule has 0 aliphatic heterocycles. The zero-order valence-corrected chi connectivity index (χ0v) is 13.0. The van der Waals surface area contributed by atoms with Gasteiger partial charge in [-0.3, -0.25) is 0 Å². The van der Waals surface area contributed by atoms with E-state index in [0.717, 1.165) is 35.6 Å². The second kappa shape index (κ2) is 6.38. The average Bonchev–Trinajstić information content (AvgIpc) is 3.09. The fraction of sp³-hybridized carbons (Fsp3) is 0.571. The van der Waals surface area contributed by atoms with E-state index in [1.807, 2.05) is 6.07 Å². The van der Waals surface area contributed by atoms with E-state index in [0.29, 0.717) is 5.41 Å². The summed E-state index contributed by atoms with van der Waals surface area (Å²) in [4.78, 5) is 0. The Morgan fingerprint density at radius 3 is 2.83 bits per heavy atom. The zero-order valence-electron chi connectivity index (χ0n) is 10.6. The summed E-state index contributed by atoms with van der Waals surface area (Å²) in [6.07, 6.45) is 3.65.